The fraction of sp³-hybridized carbons (Fsp3) is 0.118. The molecular weight excluding hydrogens is 341 g/mol. The minimum atomic E-state index is -0.217. The van der Waals surface area contributed by atoms with Crippen LogP contribution in [0.2, 0.25) is 15.1 Å². The molecule has 3 rings (SSSR count). The first-order valence-electron chi connectivity index (χ1n) is 6.70. The van der Waals surface area contributed by atoms with Crippen LogP contribution in [0, 0.1) is 0 Å². The lowest BCUT2D eigenvalue weighted by Crippen LogP contribution is -2.04. The normalized spacial score (nSPS) is 12.4. The second-order valence-electron chi connectivity index (χ2n) is 4.90. The molecule has 5 heteroatoms. The van der Waals surface area contributed by atoms with Crippen LogP contribution < -0.4 is 4.74 Å². The Kier molecular flexibility index (Phi) is 4.44. The fourth-order valence-corrected chi connectivity index (χ4v) is 3.01. The summed E-state index contributed by atoms with van der Waals surface area (Å²) in [5.41, 5.74) is 1.67. The van der Waals surface area contributed by atoms with E-state index >= 15 is 0 Å². The van der Waals surface area contributed by atoms with Crippen LogP contribution in [0.3, 0.4) is 0 Å². The summed E-state index contributed by atoms with van der Waals surface area (Å²) in [6.45, 7) is 1.94. The van der Waals surface area contributed by atoms with E-state index in [0.29, 0.717) is 15.1 Å². The summed E-state index contributed by atoms with van der Waals surface area (Å²) < 4.78 is 6.06. The number of nitrogens with zero attached hydrogens (tertiary/aromatic N) is 1. The maximum absolute atomic E-state index is 6.24. The molecule has 0 fully saturated rings. The predicted molar refractivity (Wildman–Crippen MR) is 92.3 cm³/mol. The number of pyridine rings is 1. The molecule has 0 amide bonds. The van der Waals surface area contributed by atoms with E-state index in [1.54, 1.807) is 18.3 Å². The number of ether oxygens (including phenoxy) is 1. The van der Waals surface area contributed by atoms with E-state index < -0.39 is 0 Å². The van der Waals surface area contributed by atoms with E-state index in [-0.39, 0.29) is 6.10 Å². The molecule has 1 atom stereocenters. The minimum Gasteiger partial charge on any atom is -0.485 e. The van der Waals surface area contributed by atoms with Gasteiger partial charge in [-0.05, 0) is 43.3 Å². The van der Waals surface area contributed by atoms with Crippen molar-refractivity contribution in [2.75, 3.05) is 0 Å². The van der Waals surface area contributed by atoms with Crippen molar-refractivity contribution in [3.63, 3.8) is 0 Å². The predicted octanol–water partition coefficient (Wildman–Crippen LogP) is 6.34. The van der Waals surface area contributed by atoms with Crippen LogP contribution in [0.4, 0.5) is 0 Å². The third kappa shape index (κ3) is 3.14. The highest BCUT2D eigenvalue weighted by molar-refractivity contribution is 6.35. The topological polar surface area (TPSA) is 22.1 Å². The zero-order valence-electron chi connectivity index (χ0n) is 11.7. The van der Waals surface area contributed by atoms with Gasteiger partial charge in [-0.1, -0.05) is 40.9 Å². The van der Waals surface area contributed by atoms with Gasteiger partial charge in [0.25, 0.3) is 0 Å². The van der Waals surface area contributed by atoms with Crippen molar-refractivity contribution in [2.45, 2.75) is 13.0 Å². The van der Waals surface area contributed by atoms with E-state index in [9.17, 15) is 0 Å². The van der Waals surface area contributed by atoms with E-state index in [1.165, 1.54) is 0 Å². The van der Waals surface area contributed by atoms with Crippen LogP contribution in [0.25, 0.3) is 10.9 Å². The molecule has 0 aliphatic carbocycles. The molecule has 2 nitrogen and oxygen atoms in total. The third-order valence-corrected chi connectivity index (χ3v) is 4.17. The molecule has 0 saturated heterocycles. The van der Waals surface area contributed by atoms with Crippen LogP contribution in [0.15, 0.2) is 48.7 Å². The molecule has 112 valence electrons. The maximum atomic E-state index is 6.24. The monoisotopic (exact) mass is 351 g/mol. The van der Waals surface area contributed by atoms with E-state index in [4.69, 9.17) is 39.5 Å². The van der Waals surface area contributed by atoms with Gasteiger partial charge in [0.1, 0.15) is 11.9 Å². The Morgan fingerprint density at radius 2 is 1.68 bits per heavy atom. The average molecular weight is 353 g/mol. The zero-order chi connectivity index (χ0) is 15.7. The SMILES string of the molecule is CC(Oc1ccnc2cc(Cl)ccc12)c1ccc(Cl)cc1Cl. The summed E-state index contributed by atoms with van der Waals surface area (Å²) in [6, 6.07) is 12.7. The Morgan fingerprint density at radius 3 is 2.45 bits per heavy atom. The van der Waals surface area contributed by atoms with Gasteiger partial charge in [0, 0.05) is 32.2 Å². The smallest absolute Gasteiger partial charge is 0.131 e. The molecule has 1 aromatic heterocycles. The first-order chi connectivity index (χ1) is 10.5. The molecule has 3 aromatic rings. The highest BCUT2D eigenvalue weighted by Crippen LogP contribution is 2.33. The molecule has 0 spiro atoms. The molecule has 1 unspecified atom stereocenters. The van der Waals surface area contributed by atoms with Gasteiger partial charge < -0.3 is 4.74 Å². The second kappa shape index (κ2) is 6.33. The lowest BCUT2D eigenvalue weighted by molar-refractivity contribution is 0.230. The van der Waals surface area contributed by atoms with Crippen molar-refractivity contribution in [2.24, 2.45) is 0 Å². The van der Waals surface area contributed by atoms with Crippen molar-refractivity contribution in [1.29, 1.82) is 0 Å². The van der Waals surface area contributed by atoms with E-state index in [0.717, 1.165) is 22.2 Å². The number of hydrogen-bond donors (Lipinski definition) is 0. The second-order valence-corrected chi connectivity index (χ2v) is 6.18. The summed E-state index contributed by atoms with van der Waals surface area (Å²) in [4.78, 5) is 4.30. The highest BCUT2D eigenvalue weighted by Gasteiger charge is 2.13. The molecule has 1 heterocycles. The van der Waals surface area contributed by atoms with Gasteiger partial charge in [0.2, 0.25) is 0 Å². The average Bonchev–Trinajstić information content (AvgIpc) is 2.47. The Labute approximate surface area is 143 Å². The van der Waals surface area contributed by atoms with E-state index in [1.807, 2.05) is 37.3 Å². The molecule has 0 bridgehead atoms. The summed E-state index contributed by atoms with van der Waals surface area (Å²) >= 11 is 18.2. The number of benzene rings is 2. The summed E-state index contributed by atoms with van der Waals surface area (Å²) in [5, 5.41) is 2.74. The number of fused-ring (bicyclic) bond motifs is 1. The highest BCUT2D eigenvalue weighted by atomic mass is 35.5. The van der Waals surface area contributed by atoms with Gasteiger partial charge >= 0.3 is 0 Å². The van der Waals surface area contributed by atoms with Crippen LogP contribution >= 0.6 is 34.8 Å². The van der Waals surface area contributed by atoms with Gasteiger partial charge in [-0.3, -0.25) is 4.98 Å². The number of hydrogen-bond acceptors (Lipinski definition) is 2. The van der Waals surface area contributed by atoms with Crippen molar-refractivity contribution >= 4 is 45.7 Å². The lowest BCUT2D eigenvalue weighted by atomic mass is 10.1. The van der Waals surface area contributed by atoms with Gasteiger partial charge in [-0.2, -0.15) is 0 Å². The first kappa shape index (κ1) is 15.4. The van der Waals surface area contributed by atoms with Crippen molar-refractivity contribution in [3.05, 3.63) is 69.3 Å². The quantitative estimate of drug-likeness (QED) is 0.549. The maximum Gasteiger partial charge on any atom is 0.131 e. The Bertz CT molecular complexity index is 835. The Hall–Kier alpha value is -1.48. The molecule has 22 heavy (non-hydrogen) atoms. The van der Waals surface area contributed by atoms with Crippen LogP contribution in [0.1, 0.15) is 18.6 Å². The van der Waals surface area contributed by atoms with Crippen molar-refractivity contribution in [3.8, 4) is 5.75 Å². The number of rotatable bonds is 3. The summed E-state index contributed by atoms with van der Waals surface area (Å²) in [6.07, 6.45) is 1.48. The standard InChI is InChI=1S/C17H12Cl3NO/c1-10(13-4-2-11(18)8-15(13)20)22-17-6-7-21-16-9-12(19)3-5-14(16)17/h2-10H,1H3. The molecule has 0 radical (unpaired) electrons. The fourth-order valence-electron chi connectivity index (χ4n) is 2.28. The minimum absolute atomic E-state index is 0.217. The van der Waals surface area contributed by atoms with Crippen molar-refractivity contribution in [1.82, 2.24) is 4.98 Å². The molecule has 2 aromatic carbocycles. The molecule has 0 saturated carbocycles. The number of aromatic nitrogens is 1. The van der Waals surface area contributed by atoms with Crippen LogP contribution in [-0.2, 0) is 0 Å². The molecule has 0 aliphatic heterocycles. The van der Waals surface area contributed by atoms with E-state index in [2.05, 4.69) is 4.98 Å². The van der Waals surface area contributed by atoms with Gasteiger partial charge in [-0.25, -0.2) is 0 Å². The third-order valence-electron chi connectivity index (χ3n) is 3.37. The first-order valence-corrected chi connectivity index (χ1v) is 7.84. The Morgan fingerprint density at radius 1 is 0.955 bits per heavy atom. The molecule has 0 aliphatic rings. The largest absolute Gasteiger partial charge is 0.485 e. The number of halogens is 3. The van der Waals surface area contributed by atoms with Crippen molar-refractivity contribution < 1.29 is 4.74 Å². The lowest BCUT2D eigenvalue weighted by Gasteiger charge is -2.17. The van der Waals surface area contributed by atoms with Gasteiger partial charge in [-0.15, -0.1) is 0 Å². The van der Waals surface area contributed by atoms with Gasteiger partial charge in [0.05, 0.1) is 5.52 Å². The van der Waals surface area contributed by atoms with Crippen LogP contribution in [0.5, 0.6) is 5.75 Å². The molecular formula is C17H12Cl3NO. The summed E-state index contributed by atoms with van der Waals surface area (Å²) in [5.74, 6) is 0.736. The molecule has 0 N–H and O–H groups in total. The van der Waals surface area contributed by atoms with Gasteiger partial charge in [0.15, 0.2) is 0 Å². The Balaban J connectivity index is 1.95. The zero-order valence-corrected chi connectivity index (χ0v) is 14.0. The summed E-state index contributed by atoms with van der Waals surface area (Å²) in [7, 11) is 0. The van der Waals surface area contributed by atoms with Crippen LogP contribution in [-0.4, -0.2) is 4.98 Å².